The van der Waals surface area contributed by atoms with Crippen molar-refractivity contribution in [3.63, 3.8) is 0 Å². The summed E-state index contributed by atoms with van der Waals surface area (Å²) in [6, 6.07) is 3.64. The second-order valence-electron chi connectivity index (χ2n) is 9.23. The van der Waals surface area contributed by atoms with Crippen molar-refractivity contribution in [1.29, 1.82) is 0 Å². The molecule has 1 fully saturated rings. The number of non-ortho nitro benzene ring substituents is 1. The second kappa shape index (κ2) is 13.1. The Bertz CT molecular complexity index is 1120. The van der Waals surface area contributed by atoms with Gasteiger partial charge in [-0.3, -0.25) is 19.7 Å². The van der Waals surface area contributed by atoms with Gasteiger partial charge in [0.05, 0.1) is 10.3 Å². The van der Waals surface area contributed by atoms with Gasteiger partial charge in [-0.05, 0) is 49.2 Å². The lowest BCUT2D eigenvalue weighted by Crippen LogP contribution is -2.70. The molecule has 4 unspecified atom stereocenters. The van der Waals surface area contributed by atoms with Crippen LogP contribution in [0.25, 0.3) is 10.4 Å². The van der Waals surface area contributed by atoms with E-state index in [4.69, 9.17) is 15.0 Å². The number of azide groups is 1. The first-order valence-corrected chi connectivity index (χ1v) is 12.8. The number of ketones is 1. The average Bonchev–Trinajstić information content (AvgIpc) is 2.86. The van der Waals surface area contributed by atoms with Crippen LogP contribution in [-0.4, -0.2) is 69.1 Å². The Morgan fingerprint density at radius 3 is 2.47 bits per heavy atom. The van der Waals surface area contributed by atoms with Crippen LogP contribution < -0.4 is 0 Å². The summed E-state index contributed by atoms with van der Waals surface area (Å²) in [4.78, 5) is 64.4. The Morgan fingerprint density at radius 2 is 1.95 bits per heavy atom. The maximum Gasteiger partial charge on any atom is 0.508 e. The van der Waals surface area contributed by atoms with Crippen LogP contribution in [0.15, 0.2) is 29.4 Å². The Balaban J connectivity index is 2.04. The summed E-state index contributed by atoms with van der Waals surface area (Å²) < 4.78 is 10.3. The molecule has 1 aromatic rings. The fraction of sp³-hybridized carbons (Fsp3) is 0.565. The highest BCUT2D eigenvalue weighted by atomic mass is 32.2. The third kappa shape index (κ3) is 7.13. The summed E-state index contributed by atoms with van der Waals surface area (Å²) in [5.74, 6) is -3.68. The van der Waals surface area contributed by atoms with Crippen molar-refractivity contribution >= 4 is 41.3 Å². The normalized spacial score (nSPS) is 18.4. The van der Waals surface area contributed by atoms with E-state index in [-0.39, 0.29) is 25.3 Å². The number of carboxylic acid groups (broad SMARTS) is 1. The molecule has 0 spiro atoms. The molecule has 0 bridgehead atoms. The number of nitrogens with zero attached hydrogens (tertiary/aromatic N) is 5. The van der Waals surface area contributed by atoms with Crippen LogP contribution in [0, 0.1) is 21.4 Å². The quantitative estimate of drug-likeness (QED) is 0.0406. The van der Waals surface area contributed by atoms with Crippen molar-refractivity contribution in [1.82, 2.24) is 4.90 Å². The molecule has 1 aliphatic heterocycles. The zero-order valence-corrected chi connectivity index (χ0v) is 22.1. The standard InChI is InChI=1S/C23H29N5O9S/c1-13(37-22(33)36-12-14-6-8-15(9-7-14)28(34)35)16-19(30)27(20(16)38-4)17(21(31)32)18(29)23(2,3)10-5-11-25-26-24/h6-9,13,16-17,20H,5,10-12H2,1-4H3,(H,31,32). The SMILES string of the molecule is CSC1C(C(C)OC(=O)OCc2ccc([N+](=O)[O-])cc2)C(=O)N1C(C(=O)O)C(=O)C(C)(C)CCCN=[N+]=[N-]. The number of carboxylic acids is 1. The molecule has 1 amide bonds. The Morgan fingerprint density at radius 1 is 1.32 bits per heavy atom. The Hall–Kier alpha value is -3.84. The number of aliphatic carboxylic acids is 1. The first kappa shape index (κ1) is 30.4. The zero-order chi connectivity index (χ0) is 28.6. The van der Waals surface area contributed by atoms with Crippen molar-refractivity contribution in [2.24, 2.45) is 16.4 Å². The molecular formula is C23H29N5O9S. The van der Waals surface area contributed by atoms with Crippen LogP contribution in [0.1, 0.15) is 39.2 Å². The second-order valence-corrected chi connectivity index (χ2v) is 10.2. The lowest BCUT2D eigenvalue weighted by atomic mass is 9.78. The number of rotatable bonds is 14. The number of likely N-dealkylation sites (tertiary alicyclic amines) is 1. The minimum Gasteiger partial charge on any atom is -0.479 e. The molecule has 0 aromatic heterocycles. The number of benzene rings is 1. The minimum atomic E-state index is -1.73. The van der Waals surface area contributed by atoms with E-state index in [0.717, 1.165) is 16.7 Å². The van der Waals surface area contributed by atoms with Gasteiger partial charge < -0.3 is 19.5 Å². The number of carbonyl (C=O) groups is 4. The highest BCUT2D eigenvalue weighted by Crippen LogP contribution is 2.41. The van der Waals surface area contributed by atoms with Crippen molar-refractivity contribution in [2.45, 2.75) is 57.7 Å². The molecule has 1 saturated heterocycles. The third-order valence-electron chi connectivity index (χ3n) is 6.20. The monoisotopic (exact) mass is 551 g/mol. The molecule has 1 aliphatic rings. The minimum absolute atomic E-state index is 0.115. The number of nitro benzene ring substituents is 1. The maximum absolute atomic E-state index is 13.2. The number of β-lactam (4-membered cyclic amide) rings is 1. The van der Waals surface area contributed by atoms with E-state index >= 15 is 0 Å². The van der Waals surface area contributed by atoms with E-state index in [1.807, 2.05) is 0 Å². The van der Waals surface area contributed by atoms with E-state index in [0.29, 0.717) is 12.0 Å². The van der Waals surface area contributed by atoms with Gasteiger partial charge in [-0.1, -0.05) is 19.0 Å². The molecule has 206 valence electrons. The smallest absolute Gasteiger partial charge is 0.479 e. The lowest BCUT2D eigenvalue weighted by molar-refractivity contribution is -0.384. The number of Topliss-reactive ketones (excluding diaryl/α,β-unsaturated/α-hetero) is 1. The molecule has 2 rings (SSSR count). The van der Waals surface area contributed by atoms with Gasteiger partial charge in [0.25, 0.3) is 5.69 Å². The molecule has 1 heterocycles. The molecule has 0 saturated carbocycles. The number of nitro groups is 1. The fourth-order valence-electron chi connectivity index (χ4n) is 4.08. The number of thioether (sulfide) groups is 1. The Labute approximate surface area is 222 Å². The number of ether oxygens (including phenoxy) is 2. The molecular weight excluding hydrogens is 522 g/mol. The van der Waals surface area contributed by atoms with Crippen LogP contribution in [-0.2, 0) is 30.5 Å². The van der Waals surface area contributed by atoms with Gasteiger partial charge in [-0.2, -0.15) is 0 Å². The number of carbonyl (C=O) groups excluding carboxylic acids is 3. The van der Waals surface area contributed by atoms with Crippen molar-refractivity contribution in [3.8, 4) is 0 Å². The molecule has 38 heavy (non-hydrogen) atoms. The van der Waals surface area contributed by atoms with E-state index in [2.05, 4.69) is 10.0 Å². The van der Waals surface area contributed by atoms with Gasteiger partial charge >= 0.3 is 12.1 Å². The molecule has 1 aromatic carbocycles. The van der Waals surface area contributed by atoms with Crippen molar-refractivity contribution in [2.75, 3.05) is 12.8 Å². The highest BCUT2D eigenvalue weighted by Gasteiger charge is 2.58. The topological polar surface area (TPSA) is 202 Å². The summed E-state index contributed by atoms with van der Waals surface area (Å²) in [6.07, 6.45) is 0.204. The van der Waals surface area contributed by atoms with Gasteiger partial charge in [0.2, 0.25) is 5.91 Å². The average molecular weight is 552 g/mol. The maximum atomic E-state index is 13.2. The molecule has 1 N–H and O–H groups in total. The van der Waals surface area contributed by atoms with Crippen LogP contribution in [0.2, 0.25) is 0 Å². The summed E-state index contributed by atoms with van der Waals surface area (Å²) in [6.45, 7) is 4.55. The third-order valence-corrected chi connectivity index (χ3v) is 7.21. The van der Waals surface area contributed by atoms with Crippen LogP contribution >= 0.6 is 11.8 Å². The van der Waals surface area contributed by atoms with E-state index in [1.165, 1.54) is 31.2 Å². The van der Waals surface area contributed by atoms with Gasteiger partial charge in [0.1, 0.15) is 18.6 Å². The predicted octanol–water partition coefficient (Wildman–Crippen LogP) is 3.92. The Kier molecular flexibility index (Phi) is 10.5. The summed E-state index contributed by atoms with van der Waals surface area (Å²) in [5.41, 5.74) is 7.67. The molecule has 0 radical (unpaired) electrons. The van der Waals surface area contributed by atoms with Crippen LogP contribution in [0.4, 0.5) is 10.5 Å². The predicted molar refractivity (Wildman–Crippen MR) is 135 cm³/mol. The zero-order valence-electron chi connectivity index (χ0n) is 21.3. The molecule has 15 heteroatoms. The fourth-order valence-corrected chi connectivity index (χ4v) is 5.16. The summed E-state index contributed by atoms with van der Waals surface area (Å²) >= 11 is 1.15. The first-order chi connectivity index (χ1) is 17.8. The van der Waals surface area contributed by atoms with Gasteiger partial charge in [-0.15, -0.1) is 11.8 Å². The van der Waals surface area contributed by atoms with Crippen LogP contribution in [0.5, 0.6) is 0 Å². The number of amides is 1. The summed E-state index contributed by atoms with van der Waals surface area (Å²) in [5, 5.41) is 23.2. The highest BCUT2D eigenvalue weighted by molar-refractivity contribution is 7.99. The lowest BCUT2D eigenvalue weighted by Gasteiger charge is -2.50. The van der Waals surface area contributed by atoms with E-state index in [1.54, 1.807) is 20.1 Å². The van der Waals surface area contributed by atoms with E-state index < -0.39 is 57.6 Å². The van der Waals surface area contributed by atoms with Crippen molar-refractivity contribution in [3.05, 3.63) is 50.4 Å². The molecule has 14 nitrogen and oxygen atoms in total. The van der Waals surface area contributed by atoms with E-state index in [9.17, 15) is 34.4 Å². The molecule has 4 atom stereocenters. The number of hydrogen-bond acceptors (Lipinski definition) is 10. The largest absolute Gasteiger partial charge is 0.508 e. The molecule has 0 aliphatic carbocycles. The van der Waals surface area contributed by atoms with Gasteiger partial charge in [-0.25, -0.2) is 9.59 Å². The first-order valence-electron chi connectivity index (χ1n) is 11.6. The van der Waals surface area contributed by atoms with Crippen molar-refractivity contribution < 1.29 is 38.7 Å². The van der Waals surface area contributed by atoms with Gasteiger partial charge in [0.15, 0.2) is 11.8 Å². The number of hydrogen-bond donors (Lipinski definition) is 1. The van der Waals surface area contributed by atoms with Crippen LogP contribution in [0.3, 0.4) is 0 Å². The van der Waals surface area contributed by atoms with Gasteiger partial charge in [0, 0.05) is 29.0 Å². The summed E-state index contributed by atoms with van der Waals surface area (Å²) in [7, 11) is 0.